The van der Waals surface area contributed by atoms with Crippen molar-refractivity contribution in [3.05, 3.63) is 111 Å². The zero-order valence-electron chi connectivity index (χ0n) is 23.7. The van der Waals surface area contributed by atoms with E-state index >= 15 is 0 Å². The van der Waals surface area contributed by atoms with Crippen LogP contribution in [0.1, 0.15) is 28.5 Å². The van der Waals surface area contributed by atoms with E-state index in [2.05, 4.69) is 15.2 Å². The number of aromatic nitrogens is 3. The van der Waals surface area contributed by atoms with Crippen LogP contribution in [-0.2, 0) is 11.3 Å². The van der Waals surface area contributed by atoms with Gasteiger partial charge in [-0.3, -0.25) is 19.1 Å². The van der Waals surface area contributed by atoms with Gasteiger partial charge in [0.2, 0.25) is 0 Å². The molecule has 1 amide bonds. The summed E-state index contributed by atoms with van der Waals surface area (Å²) in [6.07, 6.45) is 6.04. The predicted octanol–water partition coefficient (Wildman–Crippen LogP) is 3.67. The molecular weight excluding hydrogens is 555 g/mol. The van der Waals surface area contributed by atoms with Crippen LogP contribution in [-0.4, -0.2) is 46.3 Å². The Morgan fingerprint density at radius 2 is 1.84 bits per heavy atom. The smallest absolute Gasteiger partial charge is 0.335 e. The Balaban J connectivity index is 1.41. The minimum atomic E-state index is -0.816. The number of carbonyl (C=O) groups excluding carboxylic acids is 1. The highest BCUT2D eigenvalue weighted by Gasteiger charge is 2.20. The van der Waals surface area contributed by atoms with E-state index in [1.54, 1.807) is 37.4 Å². The monoisotopic (exact) mass is 586 g/mol. The summed E-state index contributed by atoms with van der Waals surface area (Å²) in [6, 6.07) is 11.8. The number of aryl methyl sites for hydroxylation is 2. The number of rotatable bonds is 8. The Morgan fingerprint density at radius 1 is 1.09 bits per heavy atom. The van der Waals surface area contributed by atoms with E-state index in [0.29, 0.717) is 41.7 Å². The van der Waals surface area contributed by atoms with Crippen molar-refractivity contribution in [2.75, 3.05) is 36.5 Å². The van der Waals surface area contributed by atoms with Crippen LogP contribution in [0.25, 0.3) is 11.8 Å². The third-order valence-electron chi connectivity index (χ3n) is 6.98. The van der Waals surface area contributed by atoms with Gasteiger partial charge in [0.05, 0.1) is 30.8 Å². The molecule has 12 heteroatoms. The molecule has 0 radical (unpaired) electrons. The summed E-state index contributed by atoms with van der Waals surface area (Å²) in [6.45, 7) is 6.50. The topological polar surface area (TPSA) is 134 Å². The fourth-order valence-electron chi connectivity index (χ4n) is 4.70. The molecule has 5 rings (SSSR count). The first-order valence-corrected chi connectivity index (χ1v) is 13.7. The molecule has 0 bridgehead atoms. The van der Waals surface area contributed by atoms with Crippen LogP contribution in [0.4, 0.5) is 15.8 Å². The molecule has 222 valence electrons. The molecule has 1 aliphatic rings. The molecular formula is C31H31FN6O5. The van der Waals surface area contributed by atoms with Gasteiger partial charge in [-0.15, -0.1) is 0 Å². The number of hydrogen-bond acceptors (Lipinski definition) is 8. The lowest BCUT2D eigenvalue weighted by molar-refractivity contribution is 0.102. The predicted molar refractivity (Wildman–Crippen MR) is 162 cm³/mol. The largest absolute Gasteiger partial charge is 0.455 e. The molecule has 4 aromatic rings. The van der Waals surface area contributed by atoms with Crippen molar-refractivity contribution in [2.45, 2.75) is 20.4 Å². The number of hydrogen-bond donors (Lipinski definition) is 2. The van der Waals surface area contributed by atoms with E-state index in [4.69, 9.17) is 15.2 Å². The highest BCUT2D eigenvalue weighted by molar-refractivity contribution is 6.04. The zero-order chi connectivity index (χ0) is 30.5. The summed E-state index contributed by atoms with van der Waals surface area (Å²) in [5, 5.41) is 2.73. The number of carbonyl (C=O) groups is 1. The lowest BCUT2D eigenvalue weighted by Crippen LogP contribution is -2.42. The van der Waals surface area contributed by atoms with Crippen molar-refractivity contribution in [1.29, 1.82) is 0 Å². The second kappa shape index (κ2) is 12.7. The van der Waals surface area contributed by atoms with Crippen molar-refractivity contribution in [2.24, 2.45) is 5.73 Å². The van der Waals surface area contributed by atoms with E-state index in [1.165, 1.54) is 29.1 Å². The minimum absolute atomic E-state index is 0.154. The van der Waals surface area contributed by atoms with E-state index in [-0.39, 0.29) is 17.8 Å². The van der Waals surface area contributed by atoms with Crippen LogP contribution in [0, 0.1) is 12.7 Å². The zero-order valence-corrected chi connectivity index (χ0v) is 23.7. The molecule has 1 aliphatic heterocycles. The maximum absolute atomic E-state index is 13.5. The van der Waals surface area contributed by atoms with Crippen LogP contribution in [0.3, 0.4) is 0 Å². The first-order valence-electron chi connectivity index (χ1n) is 13.7. The van der Waals surface area contributed by atoms with Crippen molar-refractivity contribution in [3.8, 4) is 17.2 Å². The van der Waals surface area contributed by atoms with Crippen molar-refractivity contribution in [1.82, 2.24) is 14.1 Å². The molecule has 0 spiro atoms. The summed E-state index contributed by atoms with van der Waals surface area (Å²) in [5.74, 6) is -0.177. The Kier molecular flexibility index (Phi) is 8.67. The Bertz CT molecular complexity index is 1790. The fourth-order valence-corrected chi connectivity index (χ4v) is 4.70. The molecule has 3 heterocycles. The number of amides is 1. The summed E-state index contributed by atoms with van der Waals surface area (Å²) in [4.78, 5) is 46.1. The van der Waals surface area contributed by atoms with E-state index < -0.39 is 23.0 Å². The fraction of sp³-hybridized carbons (Fsp3) is 0.226. The minimum Gasteiger partial charge on any atom is -0.455 e. The number of halogens is 1. The van der Waals surface area contributed by atoms with Gasteiger partial charge in [-0.2, -0.15) is 0 Å². The maximum atomic E-state index is 13.5. The molecule has 3 N–H and O–H groups in total. The highest BCUT2D eigenvalue weighted by atomic mass is 19.1. The molecule has 11 nitrogen and oxygen atoms in total. The molecule has 0 atom stereocenters. The normalized spacial score (nSPS) is 13.3. The summed E-state index contributed by atoms with van der Waals surface area (Å²) in [7, 11) is 0. The van der Waals surface area contributed by atoms with Gasteiger partial charge in [-0.05, 0) is 74.2 Å². The van der Waals surface area contributed by atoms with Crippen molar-refractivity contribution in [3.63, 3.8) is 0 Å². The van der Waals surface area contributed by atoms with Crippen molar-refractivity contribution < 1.29 is 18.7 Å². The Morgan fingerprint density at radius 3 is 2.51 bits per heavy atom. The lowest BCUT2D eigenvalue weighted by Gasteiger charge is -2.29. The number of pyridine rings is 1. The van der Waals surface area contributed by atoms with Gasteiger partial charge in [-0.25, -0.2) is 13.8 Å². The summed E-state index contributed by atoms with van der Waals surface area (Å²) >= 11 is 0. The third kappa shape index (κ3) is 6.33. The number of benzene rings is 2. The molecule has 2 aromatic heterocycles. The molecule has 0 saturated carbocycles. The maximum Gasteiger partial charge on any atom is 0.335 e. The van der Waals surface area contributed by atoms with Gasteiger partial charge in [0.15, 0.2) is 5.75 Å². The standard InChI is InChI=1S/C31H31FN6O5/c1-3-36-19-25(30(40)38(31(36)41)23-7-4-21(32)5-8-23)29(39)35-22-6-9-27(20(2)16-22)43-28-17-24(18-34-26(28)10-11-33)37-12-14-42-15-13-37/h4-11,16-19H,3,12-15,33H2,1-2H3,(H,35,39). The van der Waals surface area contributed by atoms with Gasteiger partial charge in [0.25, 0.3) is 11.5 Å². The molecule has 2 aromatic carbocycles. The Labute approximate surface area is 246 Å². The van der Waals surface area contributed by atoms with Crippen LogP contribution >= 0.6 is 0 Å². The molecule has 1 fully saturated rings. The van der Waals surface area contributed by atoms with E-state index in [1.807, 2.05) is 13.0 Å². The van der Waals surface area contributed by atoms with Crippen molar-refractivity contribution >= 4 is 23.4 Å². The highest BCUT2D eigenvalue weighted by Crippen LogP contribution is 2.32. The first-order chi connectivity index (χ1) is 20.8. The Hall–Kier alpha value is -5.23. The number of nitrogens with two attached hydrogens (primary N) is 1. The van der Waals surface area contributed by atoms with Gasteiger partial charge in [0, 0.05) is 37.6 Å². The van der Waals surface area contributed by atoms with E-state index in [9.17, 15) is 18.8 Å². The number of nitrogens with zero attached hydrogens (tertiary/aromatic N) is 4. The second-order valence-corrected chi connectivity index (χ2v) is 9.80. The second-order valence-electron chi connectivity index (χ2n) is 9.80. The van der Waals surface area contributed by atoms with Crippen LogP contribution in [0.15, 0.2) is 76.7 Å². The number of nitrogens with one attached hydrogen (secondary N) is 1. The number of ether oxygens (including phenoxy) is 2. The lowest BCUT2D eigenvalue weighted by atomic mass is 10.2. The quantitative estimate of drug-likeness (QED) is 0.320. The average molecular weight is 587 g/mol. The first kappa shape index (κ1) is 29.3. The van der Waals surface area contributed by atoms with Gasteiger partial charge < -0.3 is 25.4 Å². The van der Waals surface area contributed by atoms with Crippen LogP contribution in [0.2, 0.25) is 0 Å². The number of anilines is 2. The van der Waals surface area contributed by atoms with E-state index in [0.717, 1.165) is 35.5 Å². The summed E-state index contributed by atoms with van der Waals surface area (Å²) in [5.41, 5.74) is 6.67. The SMILES string of the molecule is CCn1cc(C(=O)Nc2ccc(Oc3cc(N4CCOCC4)cnc3C=CN)c(C)c2)c(=O)n(-c2ccc(F)cc2)c1=O. The molecule has 1 saturated heterocycles. The van der Waals surface area contributed by atoms with Crippen LogP contribution in [0.5, 0.6) is 11.5 Å². The molecule has 43 heavy (non-hydrogen) atoms. The van der Waals surface area contributed by atoms with Gasteiger partial charge in [0.1, 0.15) is 22.8 Å². The molecule has 0 unspecified atom stereocenters. The van der Waals surface area contributed by atoms with Gasteiger partial charge >= 0.3 is 5.69 Å². The third-order valence-corrected chi connectivity index (χ3v) is 6.98. The van der Waals surface area contributed by atoms with Crippen LogP contribution < -0.4 is 31.9 Å². The summed E-state index contributed by atoms with van der Waals surface area (Å²) < 4.78 is 27.3. The molecule has 0 aliphatic carbocycles. The average Bonchev–Trinajstić information content (AvgIpc) is 3.01. The van der Waals surface area contributed by atoms with Gasteiger partial charge in [-0.1, -0.05) is 0 Å². The number of morpholine rings is 1.